The molecule has 4 heterocycles. The summed E-state index contributed by atoms with van der Waals surface area (Å²) in [5, 5.41) is 5.06. The number of nitrogens with zero attached hydrogens (tertiary/aromatic N) is 3. The van der Waals surface area contributed by atoms with Gasteiger partial charge in [0.2, 0.25) is 21.8 Å². The van der Waals surface area contributed by atoms with E-state index in [-0.39, 0.29) is 37.9 Å². The molecule has 15 heteroatoms. The molecule has 2 aromatic rings. The molecule has 14 nitrogen and oxygen atoms in total. The van der Waals surface area contributed by atoms with Gasteiger partial charge in [-0.05, 0) is 83.6 Å². The predicted octanol–water partition coefficient (Wildman–Crippen LogP) is 3.54. The number of nitrogens with one attached hydrogen (secondary N) is 3. The minimum atomic E-state index is -3.91. The second-order valence-electron chi connectivity index (χ2n) is 16.6. The van der Waals surface area contributed by atoms with Gasteiger partial charge in [-0.15, -0.1) is 0 Å². The monoisotopic (exact) mass is 774 g/mol. The van der Waals surface area contributed by atoms with E-state index in [4.69, 9.17) is 4.74 Å². The summed E-state index contributed by atoms with van der Waals surface area (Å²) >= 11 is 0. The van der Waals surface area contributed by atoms with Crippen LogP contribution < -0.4 is 15.4 Å². The van der Waals surface area contributed by atoms with E-state index >= 15 is 0 Å². The van der Waals surface area contributed by atoms with Crippen LogP contribution in [-0.2, 0) is 29.1 Å². The SMILES string of the molecule is CC(C)(C)OC(=O)N[C@H]1CCCCC/C=C\[C@@H]2C[C@@]2(C(=O)NS(=O)(=O)C2CC2)NC(=O)[C@@H]2[C@H]3CN(C(=O)c4cccc(-c5ccccn5)c4)C[C@H]3CN2C1=O. The number of pyridine rings is 1. The zero-order valence-corrected chi connectivity index (χ0v) is 32.3. The van der Waals surface area contributed by atoms with Crippen LogP contribution >= 0.6 is 0 Å². The molecule has 5 amide bonds. The third-order valence-corrected chi connectivity index (χ3v) is 13.1. The average Bonchev–Trinajstić information content (AvgIpc) is 4.04. The Morgan fingerprint density at radius 3 is 2.51 bits per heavy atom. The van der Waals surface area contributed by atoms with Crippen molar-refractivity contribution < 1.29 is 37.1 Å². The van der Waals surface area contributed by atoms with Crippen LogP contribution in [0.15, 0.2) is 60.8 Å². The van der Waals surface area contributed by atoms with Crippen LogP contribution in [0.2, 0.25) is 0 Å². The minimum Gasteiger partial charge on any atom is -0.444 e. The first-order valence-electron chi connectivity index (χ1n) is 19.3. The fourth-order valence-corrected chi connectivity index (χ4v) is 9.58. The first-order valence-corrected chi connectivity index (χ1v) is 20.9. The van der Waals surface area contributed by atoms with E-state index in [9.17, 15) is 32.4 Å². The number of carbonyl (C=O) groups excluding carboxylic acids is 5. The van der Waals surface area contributed by atoms with E-state index in [0.717, 1.165) is 24.1 Å². The van der Waals surface area contributed by atoms with E-state index in [1.165, 1.54) is 4.90 Å². The number of fused-ring (bicyclic) bond motifs is 4. The molecule has 2 saturated carbocycles. The number of hydrogen-bond acceptors (Lipinski definition) is 9. The van der Waals surface area contributed by atoms with Crippen LogP contribution in [0, 0.1) is 17.8 Å². The largest absolute Gasteiger partial charge is 0.444 e. The summed E-state index contributed by atoms with van der Waals surface area (Å²) in [6.07, 6.45) is 9.10. The molecule has 0 radical (unpaired) electrons. The Morgan fingerprint density at radius 1 is 0.982 bits per heavy atom. The molecule has 7 rings (SSSR count). The lowest BCUT2D eigenvalue weighted by Gasteiger charge is -2.33. The maximum absolute atomic E-state index is 14.7. The molecule has 4 fully saturated rings. The van der Waals surface area contributed by atoms with Gasteiger partial charge in [-0.25, -0.2) is 13.2 Å². The number of sulfonamides is 1. The molecule has 6 atom stereocenters. The summed E-state index contributed by atoms with van der Waals surface area (Å²) in [4.78, 5) is 77.6. The van der Waals surface area contributed by atoms with Gasteiger partial charge in [-0.2, -0.15) is 0 Å². The van der Waals surface area contributed by atoms with Crippen molar-refractivity contribution in [1.29, 1.82) is 0 Å². The summed E-state index contributed by atoms with van der Waals surface area (Å²) in [5.41, 5.74) is -0.349. The zero-order valence-electron chi connectivity index (χ0n) is 31.5. The summed E-state index contributed by atoms with van der Waals surface area (Å²) in [7, 11) is -3.91. The molecule has 1 aromatic heterocycles. The van der Waals surface area contributed by atoms with Crippen LogP contribution in [-0.4, -0.2) is 101 Å². The number of rotatable bonds is 6. The fourth-order valence-electron chi connectivity index (χ4n) is 8.21. The molecular weight excluding hydrogens is 725 g/mol. The number of carbonyl (C=O) groups is 5. The molecule has 2 aliphatic carbocycles. The number of aromatic nitrogens is 1. The van der Waals surface area contributed by atoms with Gasteiger partial charge in [0.15, 0.2) is 0 Å². The van der Waals surface area contributed by atoms with Gasteiger partial charge < -0.3 is 25.2 Å². The zero-order chi connectivity index (χ0) is 39.1. The second-order valence-corrected chi connectivity index (χ2v) is 18.5. The molecule has 0 bridgehead atoms. The topological polar surface area (TPSA) is 184 Å². The molecule has 294 valence electrons. The van der Waals surface area contributed by atoms with Gasteiger partial charge in [0.25, 0.3) is 11.8 Å². The highest BCUT2D eigenvalue weighted by Gasteiger charge is 2.63. The third kappa shape index (κ3) is 8.41. The van der Waals surface area contributed by atoms with Gasteiger partial charge >= 0.3 is 6.09 Å². The van der Waals surface area contributed by atoms with Crippen molar-refractivity contribution >= 4 is 39.7 Å². The number of ether oxygens (including phenoxy) is 1. The molecule has 0 spiro atoms. The van der Waals surface area contributed by atoms with E-state index in [2.05, 4.69) is 20.3 Å². The molecule has 5 aliphatic rings. The van der Waals surface area contributed by atoms with Gasteiger partial charge in [0.1, 0.15) is 23.2 Å². The van der Waals surface area contributed by atoms with Crippen molar-refractivity contribution in [3.8, 4) is 11.3 Å². The molecular formula is C40H50N6O8S. The quantitative estimate of drug-likeness (QED) is 0.370. The third-order valence-electron chi connectivity index (χ3n) is 11.3. The fraction of sp³-hybridized carbons (Fsp3) is 0.550. The van der Waals surface area contributed by atoms with E-state index < -0.39 is 74.1 Å². The van der Waals surface area contributed by atoms with Crippen LogP contribution in [0.3, 0.4) is 0 Å². The minimum absolute atomic E-state index is 0.143. The maximum atomic E-state index is 14.7. The highest BCUT2D eigenvalue weighted by atomic mass is 32.2. The smallest absolute Gasteiger partial charge is 0.408 e. The van der Waals surface area contributed by atoms with Gasteiger partial charge in [0.05, 0.1) is 10.9 Å². The van der Waals surface area contributed by atoms with Crippen molar-refractivity contribution in [1.82, 2.24) is 30.1 Å². The maximum Gasteiger partial charge on any atom is 0.408 e. The summed E-state index contributed by atoms with van der Waals surface area (Å²) < 4.78 is 33.5. The summed E-state index contributed by atoms with van der Waals surface area (Å²) in [6.45, 7) is 5.79. The lowest BCUT2D eigenvalue weighted by molar-refractivity contribution is -0.142. The molecule has 55 heavy (non-hydrogen) atoms. The van der Waals surface area contributed by atoms with Crippen molar-refractivity contribution in [2.24, 2.45) is 17.8 Å². The Balaban J connectivity index is 1.18. The number of likely N-dealkylation sites (tertiary alicyclic amines) is 1. The van der Waals surface area contributed by atoms with Crippen LogP contribution in [0.25, 0.3) is 11.3 Å². The van der Waals surface area contributed by atoms with Crippen molar-refractivity contribution in [2.45, 2.75) is 101 Å². The van der Waals surface area contributed by atoms with Crippen molar-refractivity contribution in [3.63, 3.8) is 0 Å². The molecule has 3 N–H and O–H groups in total. The Labute approximate surface area is 321 Å². The van der Waals surface area contributed by atoms with Crippen LogP contribution in [0.1, 0.15) is 82.5 Å². The van der Waals surface area contributed by atoms with E-state index in [0.29, 0.717) is 37.7 Å². The van der Waals surface area contributed by atoms with Crippen molar-refractivity contribution in [3.05, 3.63) is 66.4 Å². The van der Waals surface area contributed by atoms with E-state index in [1.54, 1.807) is 50.1 Å². The number of hydrogen-bond donors (Lipinski definition) is 3. The standard InChI is InChI=1S/C40H50N6O8S/c1-39(2,3)54-38(51)42-32-16-8-6-4-5-7-14-28-21-40(28,37(50)44-55(52,53)29-17-18-29)43-34(47)33-30-24-45(22-27(30)23-46(33)36(32)49)35(48)26-13-11-12-25(20-26)31-15-9-10-19-41-31/h7,9-15,19-20,27-30,32-33H,4-6,8,16-18,21-24H2,1-3H3,(H,42,51)(H,43,47)(H,44,50)/b14-7-/t27-,28+,30-,32-,33-,40+/m0/s1. The van der Waals surface area contributed by atoms with Gasteiger partial charge in [-0.1, -0.05) is 43.2 Å². The summed E-state index contributed by atoms with van der Waals surface area (Å²) in [5.74, 6) is -3.27. The number of allylic oxidation sites excluding steroid dienone is 1. The summed E-state index contributed by atoms with van der Waals surface area (Å²) in [6, 6.07) is 10.7. The predicted molar refractivity (Wildman–Crippen MR) is 203 cm³/mol. The van der Waals surface area contributed by atoms with Gasteiger partial charge in [0, 0.05) is 54.7 Å². The number of amides is 5. The Hall–Kier alpha value is -4.79. The first-order chi connectivity index (χ1) is 26.1. The Bertz CT molecular complexity index is 1980. The second kappa shape index (κ2) is 15.0. The van der Waals surface area contributed by atoms with E-state index in [1.807, 2.05) is 36.4 Å². The Morgan fingerprint density at radius 2 is 1.78 bits per heavy atom. The van der Waals surface area contributed by atoms with Gasteiger partial charge in [-0.3, -0.25) is 28.9 Å². The molecule has 0 unspecified atom stereocenters. The molecule has 3 aliphatic heterocycles. The lowest BCUT2D eigenvalue weighted by Crippen LogP contribution is -2.60. The lowest BCUT2D eigenvalue weighted by atomic mass is 9.93. The van der Waals surface area contributed by atoms with Crippen LogP contribution in [0.5, 0.6) is 0 Å². The first kappa shape index (κ1) is 38.5. The average molecular weight is 775 g/mol. The number of benzene rings is 1. The molecule has 2 saturated heterocycles. The van der Waals surface area contributed by atoms with Crippen molar-refractivity contribution in [2.75, 3.05) is 19.6 Å². The highest BCUT2D eigenvalue weighted by molar-refractivity contribution is 7.91. The normalized spacial score (nSPS) is 29.0. The number of alkyl carbamates (subject to hydrolysis) is 1. The Kier molecular flexibility index (Phi) is 10.5. The molecule has 1 aromatic carbocycles. The van der Waals surface area contributed by atoms with Crippen LogP contribution in [0.4, 0.5) is 4.79 Å². The highest BCUT2D eigenvalue weighted by Crippen LogP contribution is 2.47.